The van der Waals surface area contributed by atoms with Crippen LogP contribution in [0.5, 0.6) is 0 Å². The quantitative estimate of drug-likeness (QED) is 0.636. The number of rotatable bonds is 4. The highest BCUT2D eigenvalue weighted by atomic mass is 16.5. The number of hydrogen-bond donors (Lipinski definition) is 1. The molecular weight excluding hydrogens is 348 g/mol. The zero-order valence-corrected chi connectivity index (χ0v) is 18.6. The summed E-state index contributed by atoms with van der Waals surface area (Å²) in [7, 11) is 1.50. The van der Waals surface area contributed by atoms with Gasteiger partial charge in [0.1, 0.15) is 0 Å². The first-order chi connectivity index (χ1) is 13.3. The number of fused-ring (bicyclic) bond motifs is 5. The molecule has 0 aliphatic heterocycles. The van der Waals surface area contributed by atoms with E-state index in [-0.39, 0.29) is 12.1 Å². The third-order valence-electron chi connectivity index (χ3n) is 10.4. The van der Waals surface area contributed by atoms with Crippen LogP contribution in [-0.2, 0) is 9.53 Å². The zero-order chi connectivity index (χ0) is 20.1. The first-order valence-electron chi connectivity index (χ1n) is 12.0. The van der Waals surface area contributed by atoms with Crippen molar-refractivity contribution in [2.45, 2.75) is 97.5 Å². The summed E-state index contributed by atoms with van der Waals surface area (Å²) in [5.41, 5.74) is 0.937. The van der Waals surface area contributed by atoms with Gasteiger partial charge in [0.05, 0.1) is 13.2 Å². The van der Waals surface area contributed by atoms with Gasteiger partial charge in [-0.15, -0.1) is 0 Å². The normalized spacial score (nSPS) is 48.9. The van der Waals surface area contributed by atoms with Crippen LogP contribution in [0.4, 0.5) is 0 Å². The van der Waals surface area contributed by atoms with Gasteiger partial charge in [0.2, 0.25) is 0 Å². The maximum Gasteiger partial charge on any atom is 0.305 e. The first-order valence-corrected chi connectivity index (χ1v) is 12.0. The van der Waals surface area contributed by atoms with Gasteiger partial charge in [0, 0.05) is 6.42 Å². The summed E-state index contributed by atoms with van der Waals surface area (Å²) in [6, 6.07) is 0. The van der Waals surface area contributed by atoms with Gasteiger partial charge in [-0.25, -0.2) is 0 Å². The van der Waals surface area contributed by atoms with Crippen molar-refractivity contribution in [3.8, 4) is 0 Å². The molecule has 1 N–H and O–H groups in total. The summed E-state index contributed by atoms with van der Waals surface area (Å²) in [5, 5.41) is 10.2. The molecule has 0 heterocycles. The molecule has 0 amide bonds. The largest absolute Gasteiger partial charge is 0.469 e. The SMILES string of the molecule is COC(=O)CC[C@H](C)[C@H]1CC[C@@H]2[C@H]3CC[C@H]4C[C@@H](O)CC[C@]4(C)[C@@H]3CC[C@@]21C. The van der Waals surface area contributed by atoms with E-state index in [1.54, 1.807) is 0 Å². The Morgan fingerprint density at radius 3 is 2.50 bits per heavy atom. The molecule has 4 aliphatic rings. The Labute approximate surface area is 172 Å². The Hall–Kier alpha value is -0.570. The molecule has 0 bridgehead atoms. The topological polar surface area (TPSA) is 46.5 Å². The Morgan fingerprint density at radius 2 is 1.75 bits per heavy atom. The number of ether oxygens (including phenoxy) is 1. The van der Waals surface area contributed by atoms with Gasteiger partial charge < -0.3 is 9.84 Å². The van der Waals surface area contributed by atoms with E-state index in [4.69, 9.17) is 4.74 Å². The lowest BCUT2D eigenvalue weighted by atomic mass is 9.44. The number of carbonyl (C=O) groups excluding carboxylic acids is 1. The van der Waals surface area contributed by atoms with E-state index in [1.165, 1.54) is 52.1 Å². The van der Waals surface area contributed by atoms with Gasteiger partial charge >= 0.3 is 5.97 Å². The molecule has 0 saturated heterocycles. The average Bonchev–Trinajstić information content (AvgIpc) is 3.03. The molecular formula is C25H42O3. The molecule has 9 atom stereocenters. The predicted octanol–water partition coefficient (Wildman–Crippen LogP) is 5.60. The molecule has 28 heavy (non-hydrogen) atoms. The van der Waals surface area contributed by atoms with E-state index in [1.807, 2.05) is 0 Å². The van der Waals surface area contributed by atoms with E-state index in [9.17, 15) is 9.90 Å². The highest BCUT2D eigenvalue weighted by Crippen LogP contribution is 2.68. The van der Waals surface area contributed by atoms with E-state index >= 15 is 0 Å². The van der Waals surface area contributed by atoms with Gasteiger partial charge in [0.15, 0.2) is 0 Å². The Balaban J connectivity index is 1.48. The van der Waals surface area contributed by atoms with Crippen LogP contribution in [0.1, 0.15) is 91.4 Å². The van der Waals surface area contributed by atoms with E-state index in [0.717, 1.165) is 48.9 Å². The van der Waals surface area contributed by atoms with Gasteiger partial charge in [-0.1, -0.05) is 20.8 Å². The second-order valence-corrected chi connectivity index (χ2v) is 11.4. The molecule has 160 valence electrons. The molecule has 4 aliphatic carbocycles. The fourth-order valence-corrected chi connectivity index (χ4v) is 8.86. The molecule has 0 aromatic heterocycles. The predicted molar refractivity (Wildman–Crippen MR) is 112 cm³/mol. The summed E-state index contributed by atoms with van der Waals surface area (Å²) in [6.45, 7) is 7.56. The monoisotopic (exact) mass is 390 g/mol. The Bertz CT molecular complexity index is 588. The van der Waals surface area contributed by atoms with Crippen LogP contribution in [0.25, 0.3) is 0 Å². The molecule has 0 unspecified atom stereocenters. The van der Waals surface area contributed by atoms with Crippen molar-refractivity contribution in [3.63, 3.8) is 0 Å². The molecule has 4 fully saturated rings. The summed E-state index contributed by atoms with van der Waals surface area (Å²) in [6.07, 6.45) is 13.1. The van der Waals surface area contributed by atoms with E-state index < -0.39 is 0 Å². The van der Waals surface area contributed by atoms with Crippen LogP contribution in [-0.4, -0.2) is 24.3 Å². The molecule has 0 aromatic rings. The Morgan fingerprint density at radius 1 is 1.04 bits per heavy atom. The minimum absolute atomic E-state index is 0.0463. The Kier molecular flexibility index (Phi) is 5.61. The number of carbonyl (C=O) groups is 1. The second kappa shape index (κ2) is 7.60. The summed E-state index contributed by atoms with van der Waals surface area (Å²) < 4.78 is 4.88. The van der Waals surface area contributed by atoms with Gasteiger partial charge in [0.25, 0.3) is 0 Å². The van der Waals surface area contributed by atoms with Crippen molar-refractivity contribution in [2.75, 3.05) is 7.11 Å². The van der Waals surface area contributed by atoms with Crippen molar-refractivity contribution < 1.29 is 14.6 Å². The van der Waals surface area contributed by atoms with E-state index in [0.29, 0.717) is 23.2 Å². The van der Waals surface area contributed by atoms with Crippen LogP contribution < -0.4 is 0 Å². The highest BCUT2D eigenvalue weighted by Gasteiger charge is 2.60. The molecule has 0 spiro atoms. The zero-order valence-electron chi connectivity index (χ0n) is 18.6. The maximum atomic E-state index is 11.6. The summed E-state index contributed by atoms with van der Waals surface area (Å²) in [5.74, 6) is 4.72. The lowest BCUT2D eigenvalue weighted by Crippen LogP contribution is -2.54. The third-order valence-corrected chi connectivity index (χ3v) is 10.4. The number of hydrogen-bond acceptors (Lipinski definition) is 3. The minimum atomic E-state index is -0.0546. The van der Waals surface area contributed by atoms with Crippen molar-refractivity contribution in [2.24, 2.45) is 46.3 Å². The standard InChI is InChI=1S/C25H42O3/c1-16(5-10-23(27)28-4)20-8-9-21-19-7-6-17-15-18(26)11-13-24(17,2)22(19)12-14-25(20,21)3/h16-22,26H,5-15H2,1-4H3/t16-,17-,18-,19+,20+,21+,22+,24-,25+/m0/s1. The van der Waals surface area contributed by atoms with Gasteiger partial charge in [-0.2, -0.15) is 0 Å². The minimum Gasteiger partial charge on any atom is -0.469 e. The summed E-state index contributed by atoms with van der Waals surface area (Å²) in [4.78, 5) is 11.6. The molecule has 4 rings (SSSR count). The van der Waals surface area contributed by atoms with Crippen molar-refractivity contribution in [1.29, 1.82) is 0 Å². The first kappa shape index (κ1) is 20.7. The number of aliphatic hydroxyl groups is 1. The average molecular weight is 391 g/mol. The molecule has 3 nitrogen and oxygen atoms in total. The fraction of sp³-hybridized carbons (Fsp3) is 0.960. The number of aliphatic hydroxyl groups excluding tert-OH is 1. The van der Waals surface area contributed by atoms with Crippen LogP contribution in [0, 0.1) is 46.3 Å². The fourth-order valence-electron chi connectivity index (χ4n) is 8.86. The van der Waals surface area contributed by atoms with Crippen molar-refractivity contribution >= 4 is 5.97 Å². The number of esters is 1. The van der Waals surface area contributed by atoms with Crippen LogP contribution in [0.3, 0.4) is 0 Å². The maximum absolute atomic E-state index is 11.6. The smallest absolute Gasteiger partial charge is 0.305 e. The molecule has 0 aromatic carbocycles. The lowest BCUT2D eigenvalue weighted by molar-refractivity contribution is -0.141. The summed E-state index contributed by atoms with van der Waals surface area (Å²) >= 11 is 0. The highest BCUT2D eigenvalue weighted by molar-refractivity contribution is 5.69. The number of methoxy groups -OCH3 is 1. The van der Waals surface area contributed by atoms with Crippen LogP contribution >= 0.6 is 0 Å². The van der Waals surface area contributed by atoms with Crippen molar-refractivity contribution in [1.82, 2.24) is 0 Å². The van der Waals surface area contributed by atoms with Gasteiger partial charge in [-0.3, -0.25) is 4.79 Å². The lowest BCUT2D eigenvalue weighted by Gasteiger charge is -2.61. The van der Waals surface area contributed by atoms with Crippen LogP contribution in [0.15, 0.2) is 0 Å². The molecule has 3 heteroatoms. The van der Waals surface area contributed by atoms with Crippen molar-refractivity contribution in [3.05, 3.63) is 0 Å². The van der Waals surface area contributed by atoms with Gasteiger partial charge in [-0.05, 0) is 111 Å². The molecule has 4 saturated carbocycles. The van der Waals surface area contributed by atoms with E-state index in [2.05, 4.69) is 20.8 Å². The third kappa shape index (κ3) is 3.24. The van der Waals surface area contributed by atoms with Crippen LogP contribution in [0.2, 0.25) is 0 Å². The molecule has 0 radical (unpaired) electrons. The second-order valence-electron chi connectivity index (χ2n) is 11.4.